The van der Waals surface area contributed by atoms with Gasteiger partial charge in [-0.1, -0.05) is 29.3 Å². The first-order chi connectivity index (χ1) is 13.9. The maximum atomic E-state index is 12.7. The van der Waals surface area contributed by atoms with Gasteiger partial charge >= 0.3 is 0 Å². The van der Waals surface area contributed by atoms with Crippen LogP contribution in [0, 0.1) is 6.92 Å². The van der Waals surface area contributed by atoms with E-state index in [1.807, 2.05) is 57.7 Å². The lowest BCUT2D eigenvalue weighted by atomic mass is 10.2. The van der Waals surface area contributed by atoms with Crippen LogP contribution in [0.1, 0.15) is 5.56 Å². The molecule has 4 aromatic rings. The van der Waals surface area contributed by atoms with Crippen LogP contribution in [0.5, 0.6) is 0 Å². The zero-order chi connectivity index (χ0) is 20.5. The van der Waals surface area contributed by atoms with Crippen LogP contribution >= 0.6 is 11.6 Å². The highest BCUT2D eigenvalue weighted by atomic mass is 35.5. The van der Waals surface area contributed by atoms with E-state index in [2.05, 4.69) is 20.6 Å². The summed E-state index contributed by atoms with van der Waals surface area (Å²) in [5, 5.41) is 16.4. The number of aromatic nitrogens is 6. The summed E-state index contributed by atoms with van der Waals surface area (Å²) in [5.74, 6) is -0.198. The van der Waals surface area contributed by atoms with Crippen molar-refractivity contribution in [2.24, 2.45) is 14.1 Å². The smallest absolute Gasteiger partial charge is 0.246 e. The number of nitrogens with zero attached hydrogens (tertiary/aromatic N) is 6. The number of carbonyl (C=O) groups is 1. The molecular weight excluding hydrogens is 390 g/mol. The third-order valence-electron chi connectivity index (χ3n) is 4.48. The number of nitrogens with one attached hydrogen (secondary N) is 1. The Kier molecular flexibility index (Phi) is 4.94. The van der Waals surface area contributed by atoms with E-state index in [1.165, 1.54) is 0 Å². The maximum Gasteiger partial charge on any atom is 0.246 e. The molecule has 1 aromatic carbocycles. The third-order valence-corrected chi connectivity index (χ3v) is 4.84. The first kappa shape index (κ1) is 18.9. The molecule has 0 bridgehead atoms. The Hall–Kier alpha value is -3.39. The van der Waals surface area contributed by atoms with Crippen molar-refractivity contribution >= 4 is 23.2 Å². The summed E-state index contributed by atoms with van der Waals surface area (Å²) < 4.78 is 4.96. The summed E-state index contributed by atoms with van der Waals surface area (Å²) in [4.78, 5) is 12.7. The van der Waals surface area contributed by atoms with Crippen LogP contribution < -0.4 is 5.32 Å². The van der Waals surface area contributed by atoms with Crippen molar-refractivity contribution in [1.29, 1.82) is 0 Å². The number of anilines is 1. The number of aryl methyl sites for hydroxylation is 3. The minimum atomic E-state index is -0.198. The molecule has 8 nitrogen and oxygen atoms in total. The van der Waals surface area contributed by atoms with E-state index in [1.54, 1.807) is 26.4 Å². The number of benzene rings is 1. The fraction of sp³-hybridized carbons (Fsp3) is 0.200. The molecule has 148 valence electrons. The van der Waals surface area contributed by atoms with Crippen LogP contribution in [0.2, 0.25) is 5.02 Å². The minimum Gasteiger partial charge on any atom is -0.324 e. The van der Waals surface area contributed by atoms with E-state index < -0.39 is 0 Å². The zero-order valence-electron chi connectivity index (χ0n) is 16.3. The number of rotatable bonds is 5. The van der Waals surface area contributed by atoms with Gasteiger partial charge in [0.15, 0.2) is 0 Å². The first-order valence-corrected chi connectivity index (χ1v) is 9.39. The molecule has 0 spiro atoms. The predicted octanol–water partition coefficient (Wildman–Crippen LogP) is 3.28. The van der Waals surface area contributed by atoms with E-state index in [9.17, 15) is 4.79 Å². The van der Waals surface area contributed by atoms with E-state index in [-0.39, 0.29) is 12.5 Å². The molecule has 29 heavy (non-hydrogen) atoms. The summed E-state index contributed by atoms with van der Waals surface area (Å²) in [7, 11) is 3.65. The number of carbonyl (C=O) groups excluding carboxylic acids is 1. The molecule has 0 atom stereocenters. The molecule has 3 heterocycles. The number of amides is 1. The van der Waals surface area contributed by atoms with Crippen molar-refractivity contribution in [2.45, 2.75) is 13.5 Å². The van der Waals surface area contributed by atoms with Crippen molar-refractivity contribution in [3.8, 4) is 22.5 Å². The van der Waals surface area contributed by atoms with Gasteiger partial charge in [0.05, 0.1) is 23.1 Å². The van der Waals surface area contributed by atoms with Gasteiger partial charge in [-0.05, 0) is 19.1 Å². The Morgan fingerprint density at radius 3 is 2.24 bits per heavy atom. The van der Waals surface area contributed by atoms with Crippen LogP contribution in [0.15, 0.2) is 49.1 Å². The standard InChI is InChI=1S/C20H20ClN7O/c1-13-4-6-16(7-5-13)24-17(29)12-28-20(15-9-23-27(3)11-15)18(21)19(25-28)14-8-22-26(2)10-14/h4-11H,12H2,1-3H3,(H,24,29). The molecule has 1 amide bonds. The molecule has 0 aliphatic carbocycles. The van der Waals surface area contributed by atoms with Gasteiger partial charge in [-0.25, -0.2) is 0 Å². The molecule has 0 aliphatic heterocycles. The molecule has 0 unspecified atom stereocenters. The fourth-order valence-electron chi connectivity index (χ4n) is 3.08. The van der Waals surface area contributed by atoms with Crippen molar-refractivity contribution in [3.05, 3.63) is 59.6 Å². The molecule has 4 rings (SSSR count). The van der Waals surface area contributed by atoms with Crippen molar-refractivity contribution in [2.75, 3.05) is 5.32 Å². The molecule has 0 aliphatic rings. The van der Waals surface area contributed by atoms with Gasteiger partial charge in [-0.15, -0.1) is 0 Å². The molecule has 0 saturated carbocycles. The highest BCUT2D eigenvalue weighted by Gasteiger charge is 2.22. The van der Waals surface area contributed by atoms with Gasteiger partial charge in [0.25, 0.3) is 0 Å². The van der Waals surface area contributed by atoms with Crippen molar-refractivity contribution in [3.63, 3.8) is 0 Å². The summed E-state index contributed by atoms with van der Waals surface area (Å²) in [6.45, 7) is 2.01. The lowest BCUT2D eigenvalue weighted by Gasteiger charge is -2.08. The predicted molar refractivity (Wildman–Crippen MR) is 111 cm³/mol. The van der Waals surface area contributed by atoms with Crippen LogP contribution in [0.4, 0.5) is 5.69 Å². The van der Waals surface area contributed by atoms with Gasteiger partial charge in [-0.2, -0.15) is 15.3 Å². The quantitative estimate of drug-likeness (QED) is 0.548. The highest BCUT2D eigenvalue weighted by molar-refractivity contribution is 6.35. The average molecular weight is 410 g/mol. The van der Waals surface area contributed by atoms with Crippen LogP contribution in [0.3, 0.4) is 0 Å². The monoisotopic (exact) mass is 409 g/mol. The average Bonchev–Trinajstić information content (AvgIpc) is 3.36. The summed E-state index contributed by atoms with van der Waals surface area (Å²) >= 11 is 6.69. The molecule has 9 heteroatoms. The number of hydrogen-bond acceptors (Lipinski definition) is 4. The van der Waals surface area contributed by atoms with Crippen LogP contribution in [0.25, 0.3) is 22.5 Å². The third kappa shape index (κ3) is 3.93. The Bertz CT molecular complexity index is 1170. The first-order valence-electron chi connectivity index (χ1n) is 9.01. The van der Waals surface area contributed by atoms with E-state index >= 15 is 0 Å². The lowest BCUT2D eigenvalue weighted by molar-refractivity contribution is -0.116. The molecule has 0 fully saturated rings. The van der Waals surface area contributed by atoms with Crippen molar-refractivity contribution in [1.82, 2.24) is 29.3 Å². The van der Waals surface area contributed by atoms with Gasteiger partial charge in [0.1, 0.15) is 12.2 Å². The molecule has 0 radical (unpaired) electrons. The maximum absolute atomic E-state index is 12.7. The molecule has 3 aromatic heterocycles. The van der Waals surface area contributed by atoms with E-state index in [0.717, 1.165) is 22.4 Å². The summed E-state index contributed by atoms with van der Waals surface area (Å²) in [6, 6.07) is 7.63. The van der Waals surface area contributed by atoms with Gasteiger partial charge in [0, 0.05) is 43.3 Å². The van der Waals surface area contributed by atoms with Crippen LogP contribution in [-0.4, -0.2) is 35.2 Å². The molecular formula is C20H20ClN7O. The Labute approximate surface area is 172 Å². The molecule has 1 N–H and O–H groups in total. The summed E-state index contributed by atoms with van der Waals surface area (Å²) in [5.41, 5.74) is 4.62. The Morgan fingerprint density at radius 2 is 1.66 bits per heavy atom. The highest BCUT2D eigenvalue weighted by Crippen LogP contribution is 2.36. The Morgan fingerprint density at radius 1 is 1.03 bits per heavy atom. The van der Waals surface area contributed by atoms with Crippen LogP contribution in [-0.2, 0) is 25.4 Å². The molecule has 0 saturated heterocycles. The second kappa shape index (κ2) is 7.56. The normalized spacial score (nSPS) is 11.0. The second-order valence-corrected chi connectivity index (χ2v) is 7.27. The topological polar surface area (TPSA) is 82.6 Å². The van der Waals surface area contributed by atoms with Gasteiger partial charge in [-0.3, -0.25) is 18.8 Å². The van der Waals surface area contributed by atoms with Gasteiger partial charge < -0.3 is 5.32 Å². The van der Waals surface area contributed by atoms with E-state index in [4.69, 9.17) is 11.6 Å². The SMILES string of the molecule is Cc1ccc(NC(=O)Cn2nc(-c3cnn(C)c3)c(Cl)c2-c2cnn(C)c2)cc1. The number of halogens is 1. The Balaban J connectivity index is 1.69. The van der Waals surface area contributed by atoms with Gasteiger partial charge in [0.2, 0.25) is 5.91 Å². The largest absolute Gasteiger partial charge is 0.324 e. The fourth-order valence-corrected chi connectivity index (χ4v) is 3.43. The van der Waals surface area contributed by atoms with Crippen molar-refractivity contribution < 1.29 is 4.79 Å². The minimum absolute atomic E-state index is 0.0120. The number of hydrogen-bond donors (Lipinski definition) is 1. The second-order valence-electron chi connectivity index (χ2n) is 6.89. The zero-order valence-corrected chi connectivity index (χ0v) is 17.1. The lowest BCUT2D eigenvalue weighted by Crippen LogP contribution is -2.20. The summed E-state index contributed by atoms with van der Waals surface area (Å²) in [6.07, 6.45) is 7.06. The van der Waals surface area contributed by atoms with E-state index in [0.29, 0.717) is 16.4 Å².